The summed E-state index contributed by atoms with van der Waals surface area (Å²) in [7, 11) is 0. The summed E-state index contributed by atoms with van der Waals surface area (Å²) in [6, 6.07) is 10.7. The molecule has 1 aromatic carbocycles. The average Bonchev–Trinajstić information content (AvgIpc) is 3.47. The Labute approximate surface area is 155 Å². The average molecular weight is 364 g/mol. The number of carbonyl (C=O) groups excluding carboxylic acids is 2. The molecule has 27 heavy (non-hydrogen) atoms. The van der Waals surface area contributed by atoms with Gasteiger partial charge in [-0.05, 0) is 55.5 Å². The predicted molar refractivity (Wildman–Crippen MR) is 96.3 cm³/mol. The van der Waals surface area contributed by atoms with Gasteiger partial charge in [-0.15, -0.1) is 0 Å². The topological polar surface area (TPSA) is 86.1 Å². The van der Waals surface area contributed by atoms with E-state index in [4.69, 9.17) is 0 Å². The summed E-state index contributed by atoms with van der Waals surface area (Å²) in [4.78, 5) is 30.9. The quantitative estimate of drug-likeness (QED) is 0.903. The number of anilines is 2. The number of rotatable bonds is 4. The predicted octanol–water partition coefficient (Wildman–Crippen LogP) is 3.13. The standard InChI is InChI=1S/C20H17FN4O2/c21-15-5-1-13(2-6-15)18(26)24-17-11-16(7-9-23-17)25-10-8-20(12-22,19(25)27)14-3-4-14/h1-2,5-7,9,11,14H,3-4,8,10H2,(H,23,24,26)/t20-/m1/s1. The summed E-state index contributed by atoms with van der Waals surface area (Å²) in [5, 5.41) is 12.2. The number of aromatic nitrogens is 1. The first kappa shape index (κ1) is 17.2. The number of nitrogens with zero attached hydrogens (tertiary/aromatic N) is 3. The van der Waals surface area contributed by atoms with Gasteiger partial charge in [0.2, 0.25) is 5.91 Å². The number of hydrogen-bond acceptors (Lipinski definition) is 4. The lowest BCUT2D eigenvalue weighted by Crippen LogP contribution is -2.35. The largest absolute Gasteiger partial charge is 0.311 e. The molecule has 136 valence electrons. The maximum Gasteiger partial charge on any atom is 0.256 e. The van der Waals surface area contributed by atoms with Crippen LogP contribution < -0.4 is 10.2 Å². The van der Waals surface area contributed by atoms with Gasteiger partial charge in [-0.25, -0.2) is 9.37 Å². The molecule has 1 aliphatic heterocycles. The number of pyridine rings is 1. The van der Waals surface area contributed by atoms with Crippen molar-refractivity contribution in [2.24, 2.45) is 11.3 Å². The van der Waals surface area contributed by atoms with E-state index in [9.17, 15) is 19.2 Å². The first-order valence-electron chi connectivity index (χ1n) is 8.80. The molecule has 0 unspecified atom stereocenters. The summed E-state index contributed by atoms with van der Waals surface area (Å²) in [6.45, 7) is 0.470. The molecular formula is C20H17FN4O2. The number of nitriles is 1. The number of halogens is 1. The molecule has 1 atom stereocenters. The number of carbonyl (C=O) groups is 2. The lowest BCUT2D eigenvalue weighted by molar-refractivity contribution is -0.123. The Kier molecular flexibility index (Phi) is 4.11. The van der Waals surface area contributed by atoms with Crippen molar-refractivity contribution in [1.82, 2.24) is 4.98 Å². The smallest absolute Gasteiger partial charge is 0.256 e. The van der Waals surface area contributed by atoms with Crippen molar-refractivity contribution in [1.29, 1.82) is 5.26 Å². The summed E-state index contributed by atoms with van der Waals surface area (Å²) < 4.78 is 13.0. The minimum Gasteiger partial charge on any atom is -0.311 e. The summed E-state index contributed by atoms with van der Waals surface area (Å²) in [5.74, 6) is -0.572. The minimum atomic E-state index is -0.916. The third kappa shape index (κ3) is 3.04. The number of benzene rings is 1. The molecular weight excluding hydrogens is 347 g/mol. The second-order valence-electron chi connectivity index (χ2n) is 6.92. The zero-order valence-electron chi connectivity index (χ0n) is 14.5. The van der Waals surface area contributed by atoms with Crippen LogP contribution in [0, 0.1) is 28.5 Å². The van der Waals surface area contributed by atoms with E-state index in [0.29, 0.717) is 24.2 Å². The van der Waals surface area contributed by atoms with Crippen molar-refractivity contribution in [2.75, 3.05) is 16.8 Å². The van der Waals surface area contributed by atoms with Crippen molar-refractivity contribution in [3.63, 3.8) is 0 Å². The van der Waals surface area contributed by atoms with Gasteiger partial charge < -0.3 is 10.2 Å². The van der Waals surface area contributed by atoms with E-state index in [1.165, 1.54) is 30.5 Å². The van der Waals surface area contributed by atoms with Gasteiger partial charge in [-0.2, -0.15) is 5.26 Å². The Morgan fingerprint density at radius 2 is 2.04 bits per heavy atom. The van der Waals surface area contributed by atoms with Crippen LogP contribution in [0.1, 0.15) is 29.6 Å². The molecule has 2 aromatic rings. The molecule has 1 saturated carbocycles. The highest BCUT2D eigenvalue weighted by molar-refractivity contribution is 6.05. The minimum absolute atomic E-state index is 0.152. The fourth-order valence-electron chi connectivity index (χ4n) is 3.58. The van der Waals surface area contributed by atoms with Crippen LogP contribution in [-0.4, -0.2) is 23.3 Å². The maximum atomic E-state index is 13.0. The normalized spacial score (nSPS) is 21.8. The molecule has 1 saturated heterocycles. The molecule has 0 radical (unpaired) electrons. The van der Waals surface area contributed by atoms with Crippen LogP contribution >= 0.6 is 0 Å². The van der Waals surface area contributed by atoms with Gasteiger partial charge in [0.05, 0.1) is 6.07 Å². The summed E-state index contributed by atoms with van der Waals surface area (Å²) >= 11 is 0. The highest BCUT2D eigenvalue weighted by Crippen LogP contribution is 2.51. The molecule has 7 heteroatoms. The SMILES string of the molecule is N#C[C@@]1(C2CC2)CCN(c2ccnc(NC(=O)c3ccc(F)cc3)c2)C1=O. The first-order chi connectivity index (χ1) is 13.0. The van der Waals surface area contributed by atoms with Gasteiger partial charge in [0.15, 0.2) is 0 Å². The first-order valence-corrected chi connectivity index (χ1v) is 8.80. The van der Waals surface area contributed by atoms with Gasteiger partial charge in [-0.1, -0.05) is 0 Å². The number of amides is 2. The van der Waals surface area contributed by atoms with Crippen LogP contribution in [0.2, 0.25) is 0 Å². The van der Waals surface area contributed by atoms with Gasteiger partial charge in [-0.3, -0.25) is 9.59 Å². The Bertz CT molecular complexity index is 949. The van der Waals surface area contributed by atoms with E-state index >= 15 is 0 Å². The molecule has 4 rings (SSSR count). The Hall–Kier alpha value is -3.27. The van der Waals surface area contributed by atoms with Crippen molar-refractivity contribution in [3.05, 3.63) is 54.0 Å². The maximum absolute atomic E-state index is 13.0. The molecule has 1 aliphatic carbocycles. The van der Waals surface area contributed by atoms with E-state index in [0.717, 1.165) is 12.8 Å². The fraction of sp³-hybridized carbons (Fsp3) is 0.300. The second kappa shape index (κ2) is 6.47. The molecule has 2 aliphatic rings. The highest BCUT2D eigenvalue weighted by Gasteiger charge is 2.56. The molecule has 1 aromatic heterocycles. The number of nitrogens with one attached hydrogen (secondary N) is 1. The van der Waals surface area contributed by atoms with Crippen molar-refractivity contribution < 1.29 is 14.0 Å². The van der Waals surface area contributed by atoms with E-state index in [-0.39, 0.29) is 17.6 Å². The van der Waals surface area contributed by atoms with Gasteiger partial charge in [0.1, 0.15) is 17.1 Å². The molecule has 2 amide bonds. The van der Waals surface area contributed by atoms with Crippen molar-refractivity contribution >= 4 is 23.3 Å². The third-order valence-electron chi connectivity index (χ3n) is 5.23. The molecule has 1 N–H and O–H groups in total. The zero-order chi connectivity index (χ0) is 19.0. The molecule has 0 spiro atoms. The van der Waals surface area contributed by atoms with Gasteiger partial charge >= 0.3 is 0 Å². The Morgan fingerprint density at radius 1 is 1.30 bits per heavy atom. The van der Waals surface area contributed by atoms with E-state index in [1.54, 1.807) is 17.0 Å². The summed E-state index contributed by atoms with van der Waals surface area (Å²) in [5.41, 5.74) is -0.0129. The van der Waals surface area contributed by atoms with Crippen LogP contribution in [-0.2, 0) is 4.79 Å². The lowest BCUT2D eigenvalue weighted by Gasteiger charge is -2.21. The Morgan fingerprint density at radius 3 is 2.70 bits per heavy atom. The zero-order valence-corrected chi connectivity index (χ0v) is 14.5. The highest BCUT2D eigenvalue weighted by atomic mass is 19.1. The molecule has 2 heterocycles. The fourth-order valence-corrected chi connectivity index (χ4v) is 3.58. The summed E-state index contributed by atoms with van der Waals surface area (Å²) in [6.07, 6.45) is 3.86. The van der Waals surface area contributed by atoms with E-state index in [2.05, 4.69) is 16.4 Å². The van der Waals surface area contributed by atoms with Crippen LogP contribution in [0.3, 0.4) is 0 Å². The number of hydrogen-bond donors (Lipinski definition) is 1. The molecule has 0 bridgehead atoms. The van der Waals surface area contributed by atoms with Crippen LogP contribution in [0.25, 0.3) is 0 Å². The van der Waals surface area contributed by atoms with Crippen molar-refractivity contribution in [3.8, 4) is 6.07 Å². The van der Waals surface area contributed by atoms with Gasteiger partial charge in [0, 0.05) is 30.1 Å². The molecule has 6 nitrogen and oxygen atoms in total. The van der Waals surface area contributed by atoms with Crippen LogP contribution in [0.4, 0.5) is 15.9 Å². The second-order valence-corrected chi connectivity index (χ2v) is 6.92. The lowest BCUT2D eigenvalue weighted by atomic mass is 9.83. The van der Waals surface area contributed by atoms with Gasteiger partial charge in [0.25, 0.3) is 5.91 Å². The van der Waals surface area contributed by atoms with Crippen LogP contribution in [0.5, 0.6) is 0 Å². The third-order valence-corrected chi connectivity index (χ3v) is 5.23. The van der Waals surface area contributed by atoms with E-state index < -0.39 is 17.1 Å². The monoisotopic (exact) mass is 364 g/mol. The Balaban J connectivity index is 1.53. The van der Waals surface area contributed by atoms with E-state index in [1.807, 2.05) is 0 Å². The van der Waals surface area contributed by atoms with Crippen molar-refractivity contribution in [2.45, 2.75) is 19.3 Å². The van der Waals surface area contributed by atoms with Crippen LogP contribution in [0.15, 0.2) is 42.6 Å². The molecule has 2 fully saturated rings.